The third kappa shape index (κ3) is 3.20. The van der Waals surface area contributed by atoms with Crippen LogP contribution in [0.4, 0.5) is 0 Å². The van der Waals surface area contributed by atoms with Crippen LogP contribution in [-0.2, 0) is 6.54 Å². The summed E-state index contributed by atoms with van der Waals surface area (Å²) in [5, 5.41) is 10.2. The molecule has 0 spiro atoms. The van der Waals surface area contributed by atoms with Gasteiger partial charge in [0.2, 0.25) is 0 Å². The summed E-state index contributed by atoms with van der Waals surface area (Å²) in [7, 11) is 0. The van der Waals surface area contributed by atoms with Gasteiger partial charge in [-0.2, -0.15) is 0 Å². The van der Waals surface area contributed by atoms with E-state index in [4.69, 9.17) is 0 Å². The molecule has 3 heteroatoms. The van der Waals surface area contributed by atoms with Crippen LogP contribution in [-0.4, -0.2) is 15.3 Å². The maximum atomic E-state index is 11.3. The zero-order chi connectivity index (χ0) is 12.3. The first-order chi connectivity index (χ1) is 7.35. The van der Waals surface area contributed by atoms with Crippen LogP contribution in [0.3, 0.4) is 0 Å². The van der Waals surface area contributed by atoms with E-state index in [-0.39, 0.29) is 5.43 Å². The van der Waals surface area contributed by atoms with E-state index in [2.05, 4.69) is 6.92 Å². The number of aryl methyl sites for hydroxylation is 2. The van der Waals surface area contributed by atoms with Gasteiger partial charge in [-0.15, -0.1) is 0 Å². The maximum Gasteiger partial charge on any atom is 0.182 e. The molecule has 0 saturated carbocycles. The topological polar surface area (TPSA) is 42.2 Å². The molecule has 0 saturated heterocycles. The average molecular weight is 223 g/mol. The molecule has 1 aromatic heterocycles. The molecule has 1 heterocycles. The van der Waals surface area contributed by atoms with Crippen LogP contribution >= 0.6 is 0 Å². The second kappa shape index (κ2) is 4.83. The first-order valence-electron chi connectivity index (χ1n) is 5.76. The van der Waals surface area contributed by atoms with Crippen molar-refractivity contribution in [2.24, 2.45) is 0 Å². The molecule has 1 atom stereocenters. The van der Waals surface area contributed by atoms with Gasteiger partial charge in [0.15, 0.2) is 5.43 Å². The Hall–Kier alpha value is -1.09. The zero-order valence-corrected chi connectivity index (χ0v) is 10.6. The SMILES string of the molecule is CCCC(C)(O)Cn1c(C)cc(=O)cc1C. The second-order valence-electron chi connectivity index (χ2n) is 4.81. The normalized spacial score (nSPS) is 14.8. The van der Waals surface area contributed by atoms with Crippen LogP contribution < -0.4 is 5.43 Å². The number of nitrogens with zero attached hydrogens (tertiary/aromatic N) is 1. The Labute approximate surface area is 96.7 Å². The summed E-state index contributed by atoms with van der Waals surface area (Å²) < 4.78 is 2.00. The van der Waals surface area contributed by atoms with Gasteiger partial charge in [-0.25, -0.2) is 0 Å². The molecular formula is C13H21NO2. The molecule has 1 aromatic rings. The van der Waals surface area contributed by atoms with Crippen molar-refractivity contribution in [3.8, 4) is 0 Å². The minimum atomic E-state index is -0.709. The number of aromatic nitrogens is 1. The molecule has 0 aliphatic rings. The largest absolute Gasteiger partial charge is 0.388 e. The lowest BCUT2D eigenvalue weighted by Gasteiger charge is -2.26. The molecule has 0 radical (unpaired) electrons. The zero-order valence-electron chi connectivity index (χ0n) is 10.6. The molecule has 0 bridgehead atoms. The fraction of sp³-hybridized carbons (Fsp3) is 0.615. The first-order valence-corrected chi connectivity index (χ1v) is 5.76. The van der Waals surface area contributed by atoms with Gasteiger partial charge >= 0.3 is 0 Å². The fourth-order valence-corrected chi connectivity index (χ4v) is 2.10. The van der Waals surface area contributed by atoms with Gasteiger partial charge in [-0.05, 0) is 27.2 Å². The predicted molar refractivity (Wildman–Crippen MR) is 65.7 cm³/mol. The van der Waals surface area contributed by atoms with Crippen molar-refractivity contribution < 1.29 is 5.11 Å². The molecule has 0 amide bonds. The Morgan fingerprint density at radius 2 is 1.81 bits per heavy atom. The van der Waals surface area contributed by atoms with Gasteiger partial charge in [0.05, 0.1) is 12.1 Å². The highest BCUT2D eigenvalue weighted by Crippen LogP contribution is 2.16. The molecule has 16 heavy (non-hydrogen) atoms. The lowest BCUT2D eigenvalue weighted by molar-refractivity contribution is 0.0312. The van der Waals surface area contributed by atoms with E-state index in [1.54, 1.807) is 12.1 Å². The van der Waals surface area contributed by atoms with Crippen molar-refractivity contribution in [2.45, 2.75) is 52.7 Å². The summed E-state index contributed by atoms with van der Waals surface area (Å²) in [4.78, 5) is 11.3. The molecule has 1 N–H and O–H groups in total. The van der Waals surface area contributed by atoms with Crippen molar-refractivity contribution in [1.29, 1.82) is 0 Å². The summed E-state index contributed by atoms with van der Waals surface area (Å²) in [6, 6.07) is 3.21. The average Bonchev–Trinajstić information content (AvgIpc) is 2.11. The van der Waals surface area contributed by atoms with E-state index in [9.17, 15) is 9.90 Å². The summed E-state index contributed by atoms with van der Waals surface area (Å²) in [5.41, 5.74) is 1.13. The van der Waals surface area contributed by atoms with Crippen LogP contribution in [0, 0.1) is 13.8 Å². The third-order valence-corrected chi connectivity index (χ3v) is 2.84. The third-order valence-electron chi connectivity index (χ3n) is 2.84. The van der Waals surface area contributed by atoms with Crippen molar-refractivity contribution >= 4 is 0 Å². The summed E-state index contributed by atoms with van der Waals surface area (Å²) in [6.45, 7) is 8.23. The van der Waals surface area contributed by atoms with Crippen LogP contribution in [0.1, 0.15) is 38.1 Å². The molecule has 0 fully saturated rings. The van der Waals surface area contributed by atoms with Gasteiger partial charge in [0.1, 0.15) is 0 Å². The predicted octanol–water partition coefficient (Wildman–Crippen LogP) is 2.02. The number of hydrogen-bond acceptors (Lipinski definition) is 2. The van der Waals surface area contributed by atoms with E-state index in [1.165, 1.54) is 0 Å². The number of pyridine rings is 1. The highest BCUT2D eigenvalue weighted by Gasteiger charge is 2.20. The Balaban J connectivity index is 3.02. The summed E-state index contributed by atoms with van der Waals surface area (Å²) in [6.07, 6.45) is 1.71. The molecule has 90 valence electrons. The van der Waals surface area contributed by atoms with E-state index in [1.807, 2.05) is 25.3 Å². The maximum absolute atomic E-state index is 11.3. The molecule has 1 rings (SSSR count). The molecular weight excluding hydrogens is 202 g/mol. The Bertz CT molecular complexity index is 392. The van der Waals surface area contributed by atoms with Crippen LogP contribution in [0.2, 0.25) is 0 Å². The van der Waals surface area contributed by atoms with E-state index >= 15 is 0 Å². The number of hydrogen-bond donors (Lipinski definition) is 1. The molecule has 3 nitrogen and oxygen atoms in total. The Morgan fingerprint density at radius 3 is 2.25 bits per heavy atom. The smallest absolute Gasteiger partial charge is 0.182 e. The lowest BCUT2D eigenvalue weighted by atomic mass is 10.00. The van der Waals surface area contributed by atoms with Crippen molar-refractivity contribution in [3.63, 3.8) is 0 Å². The van der Waals surface area contributed by atoms with Crippen molar-refractivity contribution in [3.05, 3.63) is 33.7 Å². The standard InChI is InChI=1S/C13H21NO2/c1-5-6-13(4,16)9-14-10(2)7-12(15)8-11(14)3/h7-8,16H,5-6,9H2,1-4H3. The lowest BCUT2D eigenvalue weighted by Crippen LogP contribution is -2.32. The van der Waals surface area contributed by atoms with Crippen LogP contribution in [0.15, 0.2) is 16.9 Å². The molecule has 0 aliphatic carbocycles. The monoisotopic (exact) mass is 223 g/mol. The molecule has 1 unspecified atom stereocenters. The van der Waals surface area contributed by atoms with Gasteiger partial charge < -0.3 is 9.67 Å². The summed E-state index contributed by atoms with van der Waals surface area (Å²) in [5.74, 6) is 0. The van der Waals surface area contributed by atoms with E-state index in [0.29, 0.717) is 6.54 Å². The number of aliphatic hydroxyl groups is 1. The minimum absolute atomic E-state index is 0.0291. The summed E-state index contributed by atoms with van der Waals surface area (Å²) >= 11 is 0. The molecule has 0 aliphatic heterocycles. The second-order valence-corrected chi connectivity index (χ2v) is 4.81. The van der Waals surface area contributed by atoms with Gasteiger partial charge in [-0.3, -0.25) is 4.79 Å². The van der Waals surface area contributed by atoms with Crippen molar-refractivity contribution in [1.82, 2.24) is 4.57 Å². The van der Waals surface area contributed by atoms with Gasteiger partial charge in [0.25, 0.3) is 0 Å². The fourth-order valence-electron chi connectivity index (χ4n) is 2.10. The van der Waals surface area contributed by atoms with Gasteiger partial charge in [0, 0.05) is 23.5 Å². The van der Waals surface area contributed by atoms with E-state index in [0.717, 1.165) is 24.2 Å². The van der Waals surface area contributed by atoms with E-state index < -0.39 is 5.60 Å². The molecule has 0 aromatic carbocycles. The quantitative estimate of drug-likeness (QED) is 0.848. The highest BCUT2D eigenvalue weighted by atomic mass is 16.3. The number of rotatable bonds is 4. The first kappa shape index (κ1) is 13.0. The Morgan fingerprint density at radius 1 is 1.31 bits per heavy atom. The Kier molecular flexibility index (Phi) is 3.92. The van der Waals surface area contributed by atoms with Crippen LogP contribution in [0.25, 0.3) is 0 Å². The minimum Gasteiger partial charge on any atom is -0.388 e. The highest BCUT2D eigenvalue weighted by molar-refractivity contribution is 5.12. The van der Waals surface area contributed by atoms with Crippen LogP contribution in [0.5, 0.6) is 0 Å². The van der Waals surface area contributed by atoms with Gasteiger partial charge in [-0.1, -0.05) is 13.3 Å². The van der Waals surface area contributed by atoms with Crippen molar-refractivity contribution in [2.75, 3.05) is 0 Å².